The van der Waals surface area contributed by atoms with Gasteiger partial charge in [-0.2, -0.15) is 0 Å². The summed E-state index contributed by atoms with van der Waals surface area (Å²) >= 11 is 0. The van der Waals surface area contributed by atoms with Crippen molar-refractivity contribution in [1.82, 2.24) is 9.80 Å². The van der Waals surface area contributed by atoms with Crippen LogP contribution < -0.4 is 5.73 Å². The van der Waals surface area contributed by atoms with E-state index < -0.39 is 0 Å². The minimum atomic E-state index is -0.194. The lowest BCUT2D eigenvalue weighted by Crippen LogP contribution is -2.32. The van der Waals surface area contributed by atoms with Gasteiger partial charge in [-0.05, 0) is 26.9 Å². The van der Waals surface area contributed by atoms with Crippen LogP contribution in [0.3, 0.4) is 0 Å². The first-order valence-corrected chi connectivity index (χ1v) is 6.79. The highest BCUT2D eigenvalue weighted by Crippen LogP contribution is 1.97. The normalized spacial score (nSPS) is 10.6. The summed E-state index contributed by atoms with van der Waals surface area (Å²) in [6, 6.07) is 0. The maximum absolute atomic E-state index is 11.8. The van der Waals surface area contributed by atoms with Gasteiger partial charge >= 0.3 is 5.97 Å². The number of ether oxygens (including phenoxy) is 1. The Labute approximate surface area is 115 Å². The maximum atomic E-state index is 11.8. The molecule has 0 aliphatic heterocycles. The Morgan fingerprint density at radius 1 is 1.11 bits per heavy atom. The number of nitrogens with zero attached hydrogens (tertiary/aromatic N) is 2. The summed E-state index contributed by atoms with van der Waals surface area (Å²) in [6.07, 6.45) is 1.64. The van der Waals surface area contributed by atoms with Crippen LogP contribution in [0.15, 0.2) is 0 Å². The third-order valence-electron chi connectivity index (χ3n) is 2.83. The molecule has 0 atom stereocenters. The molecular weight excluding hydrogens is 246 g/mol. The molecule has 0 aromatic rings. The van der Waals surface area contributed by atoms with Crippen LogP contribution in [0.4, 0.5) is 0 Å². The van der Waals surface area contributed by atoms with Gasteiger partial charge in [0.05, 0.1) is 13.0 Å². The molecule has 0 aliphatic rings. The third kappa shape index (κ3) is 9.44. The Morgan fingerprint density at radius 2 is 1.74 bits per heavy atom. The maximum Gasteiger partial charge on any atom is 0.307 e. The fraction of sp³-hybridized carbons (Fsp3) is 0.846. The summed E-state index contributed by atoms with van der Waals surface area (Å²) in [6.45, 7) is 4.74. The van der Waals surface area contributed by atoms with Crippen molar-refractivity contribution in [2.24, 2.45) is 5.73 Å². The molecule has 2 N–H and O–H groups in total. The molecule has 0 spiro atoms. The number of carbonyl (C=O) groups excluding carboxylic acids is 2. The molecule has 0 bridgehead atoms. The second kappa shape index (κ2) is 10.8. The van der Waals surface area contributed by atoms with Crippen LogP contribution >= 0.6 is 0 Å². The second-order valence-corrected chi connectivity index (χ2v) is 4.57. The van der Waals surface area contributed by atoms with E-state index in [-0.39, 0.29) is 11.9 Å². The highest BCUT2D eigenvalue weighted by Gasteiger charge is 2.10. The van der Waals surface area contributed by atoms with E-state index in [1.165, 1.54) is 0 Å². The second-order valence-electron chi connectivity index (χ2n) is 4.57. The minimum absolute atomic E-state index is 0.108. The Hall–Kier alpha value is -1.14. The van der Waals surface area contributed by atoms with E-state index in [0.717, 1.165) is 6.42 Å². The standard InChI is InChI=1S/C13H27N3O3/c1-4-19-13(18)7-11-15(2)10-6-12(17)16(3)9-5-8-14/h4-11,14H2,1-3H3. The smallest absolute Gasteiger partial charge is 0.307 e. The van der Waals surface area contributed by atoms with Crippen molar-refractivity contribution in [1.29, 1.82) is 0 Å². The summed E-state index contributed by atoms with van der Waals surface area (Å²) in [5.74, 6) is -0.0859. The van der Waals surface area contributed by atoms with Gasteiger partial charge in [-0.1, -0.05) is 0 Å². The monoisotopic (exact) mass is 273 g/mol. The average Bonchev–Trinajstić information content (AvgIpc) is 2.40. The van der Waals surface area contributed by atoms with Crippen molar-refractivity contribution < 1.29 is 14.3 Å². The summed E-state index contributed by atoms with van der Waals surface area (Å²) < 4.78 is 4.85. The molecule has 0 aromatic carbocycles. The SMILES string of the molecule is CCOC(=O)CCN(C)CCC(=O)N(C)CCCN. The van der Waals surface area contributed by atoms with Crippen LogP contribution in [0.25, 0.3) is 0 Å². The van der Waals surface area contributed by atoms with Gasteiger partial charge in [0.15, 0.2) is 0 Å². The van der Waals surface area contributed by atoms with Crippen LogP contribution in [0.5, 0.6) is 0 Å². The molecule has 0 aromatic heterocycles. The fourth-order valence-corrected chi connectivity index (χ4v) is 1.56. The highest BCUT2D eigenvalue weighted by molar-refractivity contribution is 5.76. The lowest BCUT2D eigenvalue weighted by atomic mass is 10.3. The van der Waals surface area contributed by atoms with E-state index >= 15 is 0 Å². The van der Waals surface area contributed by atoms with Crippen molar-refractivity contribution in [2.75, 3.05) is 46.9 Å². The van der Waals surface area contributed by atoms with E-state index in [9.17, 15) is 9.59 Å². The van der Waals surface area contributed by atoms with Gasteiger partial charge in [-0.15, -0.1) is 0 Å². The summed E-state index contributed by atoms with van der Waals surface area (Å²) in [5, 5.41) is 0. The van der Waals surface area contributed by atoms with Gasteiger partial charge in [0.2, 0.25) is 5.91 Å². The van der Waals surface area contributed by atoms with Crippen molar-refractivity contribution in [3.63, 3.8) is 0 Å². The molecule has 0 fully saturated rings. The molecule has 1 amide bonds. The zero-order chi connectivity index (χ0) is 14.7. The number of carbonyl (C=O) groups is 2. The molecule has 0 rings (SSSR count). The van der Waals surface area contributed by atoms with E-state index in [4.69, 9.17) is 10.5 Å². The zero-order valence-corrected chi connectivity index (χ0v) is 12.4. The van der Waals surface area contributed by atoms with Crippen molar-refractivity contribution in [2.45, 2.75) is 26.2 Å². The number of hydrogen-bond donors (Lipinski definition) is 1. The number of amides is 1. The first-order chi connectivity index (χ1) is 9.01. The van der Waals surface area contributed by atoms with Crippen LogP contribution in [-0.2, 0) is 14.3 Å². The topological polar surface area (TPSA) is 75.9 Å². The van der Waals surface area contributed by atoms with Crippen LogP contribution in [0.2, 0.25) is 0 Å². The average molecular weight is 273 g/mol. The first-order valence-electron chi connectivity index (χ1n) is 6.79. The van der Waals surface area contributed by atoms with Crippen molar-refractivity contribution >= 4 is 11.9 Å². The molecule has 0 heterocycles. The number of nitrogens with two attached hydrogens (primary N) is 1. The fourth-order valence-electron chi connectivity index (χ4n) is 1.56. The zero-order valence-electron chi connectivity index (χ0n) is 12.4. The molecule has 6 nitrogen and oxygen atoms in total. The molecule has 112 valence electrons. The van der Waals surface area contributed by atoms with E-state index in [0.29, 0.717) is 45.6 Å². The van der Waals surface area contributed by atoms with Crippen molar-refractivity contribution in [3.8, 4) is 0 Å². The van der Waals surface area contributed by atoms with Crippen LogP contribution in [0.1, 0.15) is 26.2 Å². The van der Waals surface area contributed by atoms with Crippen LogP contribution in [0, 0.1) is 0 Å². The van der Waals surface area contributed by atoms with Gasteiger partial charge in [0.25, 0.3) is 0 Å². The van der Waals surface area contributed by atoms with Crippen LogP contribution in [-0.4, -0.2) is 68.6 Å². The number of rotatable bonds is 10. The van der Waals surface area contributed by atoms with Gasteiger partial charge in [-0.25, -0.2) is 0 Å². The minimum Gasteiger partial charge on any atom is -0.466 e. The van der Waals surface area contributed by atoms with E-state index in [1.54, 1.807) is 18.9 Å². The Bertz CT molecular complexity index is 272. The third-order valence-corrected chi connectivity index (χ3v) is 2.83. The molecule has 0 unspecified atom stereocenters. The van der Waals surface area contributed by atoms with Crippen molar-refractivity contribution in [3.05, 3.63) is 0 Å². The highest BCUT2D eigenvalue weighted by atomic mass is 16.5. The molecule has 0 saturated carbocycles. The number of esters is 1. The summed E-state index contributed by atoms with van der Waals surface area (Å²) in [7, 11) is 3.68. The molecule has 0 saturated heterocycles. The molecular formula is C13H27N3O3. The molecule has 0 aliphatic carbocycles. The van der Waals surface area contributed by atoms with Gasteiger partial charge < -0.3 is 20.3 Å². The number of hydrogen-bond acceptors (Lipinski definition) is 5. The lowest BCUT2D eigenvalue weighted by molar-refractivity contribution is -0.143. The molecule has 6 heteroatoms. The van der Waals surface area contributed by atoms with E-state index in [2.05, 4.69) is 0 Å². The Kier molecular flexibility index (Phi) is 10.1. The Balaban J connectivity index is 3.74. The first kappa shape index (κ1) is 17.9. The largest absolute Gasteiger partial charge is 0.466 e. The summed E-state index contributed by atoms with van der Waals surface area (Å²) in [4.78, 5) is 26.6. The quantitative estimate of drug-likeness (QED) is 0.570. The van der Waals surface area contributed by atoms with Gasteiger partial charge in [0, 0.05) is 33.1 Å². The Morgan fingerprint density at radius 3 is 2.32 bits per heavy atom. The lowest BCUT2D eigenvalue weighted by Gasteiger charge is -2.20. The molecule has 19 heavy (non-hydrogen) atoms. The van der Waals surface area contributed by atoms with E-state index in [1.807, 2.05) is 11.9 Å². The summed E-state index contributed by atoms with van der Waals surface area (Å²) in [5.41, 5.74) is 5.40. The van der Waals surface area contributed by atoms with Gasteiger partial charge in [-0.3, -0.25) is 9.59 Å². The predicted octanol–water partition coefficient (Wildman–Crippen LogP) is 0.0687. The molecule has 0 radical (unpaired) electrons. The predicted molar refractivity (Wildman–Crippen MR) is 74.7 cm³/mol. The van der Waals surface area contributed by atoms with Gasteiger partial charge in [0.1, 0.15) is 0 Å².